The standard InChI is InChI=1S/C21H25N3O4/c1-17(25)24(16-18-6-3-2-4-7-18)10-9-20(26)22-11-13-23(14-12-22)21(27)19-8-5-15-28-19/h2-8,15H,9-14,16H2,1H3. The van der Waals surface area contributed by atoms with Gasteiger partial charge in [-0.15, -0.1) is 0 Å². The highest BCUT2D eigenvalue weighted by Crippen LogP contribution is 2.11. The summed E-state index contributed by atoms with van der Waals surface area (Å²) in [4.78, 5) is 41.9. The van der Waals surface area contributed by atoms with E-state index < -0.39 is 0 Å². The average Bonchev–Trinajstić information content (AvgIpc) is 3.26. The molecule has 28 heavy (non-hydrogen) atoms. The average molecular weight is 383 g/mol. The van der Waals surface area contributed by atoms with Gasteiger partial charge in [-0.3, -0.25) is 14.4 Å². The Kier molecular flexibility index (Phi) is 6.47. The van der Waals surface area contributed by atoms with E-state index in [0.29, 0.717) is 45.0 Å². The van der Waals surface area contributed by atoms with Gasteiger partial charge in [0.05, 0.1) is 6.26 Å². The maximum absolute atomic E-state index is 12.5. The van der Waals surface area contributed by atoms with Crippen LogP contribution in [0.4, 0.5) is 0 Å². The van der Waals surface area contributed by atoms with E-state index in [1.807, 2.05) is 30.3 Å². The Balaban J connectivity index is 1.47. The molecule has 0 spiro atoms. The van der Waals surface area contributed by atoms with Crippen LogP contribution in [-0.4, -0.2) is 65.1 Å². The molecular weight excluding hydrogens is 358 g/mol. The van der Waals surface area contributed by atoms with Crippen LogP contribution < -0.4 is 0 Å². The molecule has 1 aliphatic heterocycles. The van der Waals surface area contributed by atoms with Crippen LogP contribution in [0.15, 0.2) is 53.1 Å². The van der Waals surface area contributed by atoms with Crippen molar-refractivity contribution in [2.75, 3.05) is 32.7 Å². The molecule has 148 valence electrons. The topological polar surface area (TPSA) is 74.1 Å². The fraction of sp³-hybridized carbons (Fsp3) is 0.381. The van der Waals surface area contributed by atoms with Crippen LogP contribution in [0.25, 0.3) is 0 Å². The van der Waals surface area contributed by atoms with Gasteiger partial charge in [0.25, 0.3) is 5.91 Å². The molecule has 0 N–H and O–H groups in total. The fourth-order valence-electron chi connectivity index (χ4n) is 3.26. The van der Waals surface area contributed by atoms with E-state index in [0.717, 1.165) is 5.56 Å². The van der Waals surface area contributed by atoms with Crippen LogP contribution >= 0.6 is 0 Å². The minimum absolute atomic E-state index is 0.00408. The summed E-state index contributed by atoms with van der Waals surface area (Å²) in [6.07, 6.45) is 1.75. The Morgan fingerprint density at radius 1 is 0.964 bits per heavy atom. The minimum Gasteiger partial charge on any atom is -0.459 e. The van der Waals surface area contributed by atoms with E-state index in [1.165, 1.54) is 13.2 Å². The van der Waals surface area contributed by atoms with Crippen LogP contribution in [0.5, 0.6) is 0 Å². The highest BCUT2D eigenvalue weighted by molar-refractivity contribution is 5.91. The molecule has 7 heteroatoms. The van der Waals surface area contributed by atoms with Crippen LogP contribution in [-0.2, 0) is 16.1 Å². The molecule has 0 radical (unpaired) electrons. The van der Waals surface area contributed by atoms with Crippen molar-refractivity contribution in [1.29, 1.82) is 0 Å². The lowest BCUT2D eigenvalue weighted by atomic mass is 10.2. The summed E-state index contributed by atoms with van der Waals surface area (Å²) in [6.45, 7) is 4.33. The molecule has 2 heterocycles. The van der Waals surface area contributed by atoms with E-state index in [4.69, 9.17) is 4.42 Å². The lowest BCUT2D eigenvalue weighted by molar-refractivity contribution is -0.134. The summed E-state index contributed by atoms with van der Waals surface area (Å²) in [5.74, 6) is 0.121. The third-order valence-corrected chi connectivity index (χ3v) is 4.91. The van der Waals surface area contributed by atoms with E-state index in [9.17, 15) is 14.4 Å². The number of hydrogen-bond acceptors (Lipinski definition) is 4. The zero-order valence-electron chi connectivity index (χ0n) is 16.0. The Morgan fingerprint density at radius 3 is 2.25 bits per heavy atom. The first-order chi connectivity index (χ1) is 13.5. The SMILES string of the molecule is CC(=O)N(CCC(=O)N1CCN(C(=O)c2ccco2)CC1)Cc1ccccc1. The molecule has 3 amide bonds. The summed E-state index contributed by atoms with van der Waals surface area (Å²) in [5.41, 5.74) is 1.04. The van der Waals surface area contributed by atoms with Crippen LogP contribution in [0.3, 0.4) is 0 Å². The molecule has 1 aromatic carbocycles. The highest BCUT2D eigenvalue weighted by atomic mass is 16.3. The maximum Gasteiger partial charge on any atom is 0.289 e. The third kappa shape index (κ3) is 5.00. The van der Waals surface area contributed by atoms with E-state index >= 15 is 0 Å². The van der Waals surface area contributed by atoms with Crippen molar-refractivity contribution in [3.8, 4) is 0 Å². The van der Waals surface area contributed by atoms with Crippen molar-refractivity contribution in [1.82, 2.24) is 14.7 Å². The molecule has 7 nitrogen and oxygen atoms in total. The van der Waals surface area contributed by atoms with Gasteiger partial charge in [-0.2, -0.15) is 0 Å². The molecule has 1 saturated heterocycles. The summed E-state index contributed by atoms with van der Waals surface area (Å²) >= 11 is 0. The monoisotopic (exact) mass is 383 g/mol. The number of furan rings is 1. The molecule has 0 aliphatic carbocycles. The summed E-state index contributed by atoms with van der Waals surface area (Å²) in [6, 6.07) is 13.1. The Morgan fingerprint density at radius 2 is 1.64 bits per heavy atom. The molecule has 2 aromatic rings. The minimum atomic E-state index is -0.150. The van der Waals surface area contributed by atoms with Crippen LogP contribution in [0, 0.1) is 0 Å². The zero-order chi connectivity index (χ0) is 19.9. The van der Waals surface area contributed by atoms with Gasteiger partial charge < -0.3 is 19.1 Å². The summed E-state index contributed by atoms with van der Waals surface area (Å²) in [5, 5.41) is 0. The molecule has 0 bridgehead atoms. The first-order valence-electron chi connectivity index (χ1n) is 9.44. The molecule has 0 saturated carbocycles. The number of hydrogen-bond donors (Lipinski definition) is 0. The van der Waals surface area contributed by atoms with Crippen molar-refractivity contribution >= 4 is 17.7 Å². The molecule has 1 fully saturated rings. The van der Waals surface area contributed by atoms with Gasteiger partial charge in [-0.05, 0) is 17.7 Å². The smallest absolute Gasteiger partial charge is 0.289 e. The molecule has 1 aliphatic rings. The Hall–Kier alpha value is -3.09. The van der Waals surface area contributed by atoms with Crippen molar-refractivity contribution in [3.05, 3.63) is 60.1 Å². The Labute approximate surface area is 164 Å². The second kappa shape index (κ2) is 9.21. The quantitative estimate of drug-likeness (QED) is 0.765. The van der Waals surface area contributed by atoms with Crippen molar-refractivity contribution < 1.29 is 18.8 Å². The largest absolute Gasteiger partial charge is 0.459 e. The zero-order valence-corrected chi connectivity index (χ0v) is 16.0. The third-order valence-electron chi connectivity index (χ3n) is 4.91. The van der Waals surface area contributed by atoms with Gasteiger partial charge in [0.15, 0.2) is 5.76 Å². The van der Waals surface area contributed by atoms with E-state index in [-0.39, 0.29) is 24.1 Å². The fourth-order valence-corrected chi connectivity index (χ4v) is 3.26. The van der Waals surface area contributed by atoms with Crippen molar-refractivity contribution in [3.63, 3.8) is 0 Å². The normalized spacial score (nSPS) is 14.0. The lowest BCUT2D eigenvalue weighted by Gasteiger charge is -2.34. The van der Waals surface area contributed by atoms with Gasteiger partial charge in [0.1, 0.15) is 0 Å². The predicted molar refractivity (Wildman–Crippen MR) is 103 cm³/mol. The van der Waals surface area contributed by atoms with Gasteiger partial charge in [-0.25, -0.2) is 0 Å². The molecular formula is C21H25N3O4. The van der Waals surface area contributed by atoms with Gasteiger partial charge in [0, 0.05) is 52.6 Å². The maximum atomic E-state index is 12.5. The second-order valence-electron chi connectivity index (χ2n) is 6.83. The van der Waals surface area contributed by atoms with Crippen LogP contribution in [0.1, 0.15) is 29.5 Å². The summed E-state index contributed by atoms with van der Waals surface area (Å²) < 4.78 is 5.15. The molecule has 1 aromatic heterocycles. The number of piperazine rings is 1. The number of benzene rings is 1. The molecule has 0 atom stereocenters. The van der Waals surface area contributed by atoms with E-state index in [2.05, 4.69) is 0 Å². The highest BCUT2D eigenvalue weighted by Gasteiger charge is 2.26. The molecule has 0 unspecified atom stereocenters. The van der Waals surface area contributed by atoms with E-state index in [1.54, 1.807) is 26.8 Å². The van der Waals surface area contributed by atoms with Crippen molar-refractivity contribution in [2.24, 2.45) is 0 Å². The van der Waals surface area contributed by atoms with Gasteiger partial charge in [0.2, 0.25) is 11.8 Å². The first-order valence-corrected chi connectivity index (χ1v) is 9.44. The van der Waals surface area contributed by atoms with Gasteiger partial charge >= 0.3 is 0 Å². The first kappa shape index (κ1) is 19.7. The number of amides is 3. The van der Waals surface area contributed by atoms with Gasteiger partial charge in [-0.1, -0.05) is 30.3 Å². The number of carbonyl (C=O) groups excluding carboxylic acids is 3. The Bertz CT molecular complexity index is 796. The summed E-state index contributed by atoms with van der Waals surface area (Å²) in [7, 11) is 0. The van der Waals surface area contributed by atoms with Crippen molar-refractivity contribution in [2.45, 2.75) is 19.9 Å². The lowest BCUT2D eigenvalue weighted by Crippen LogP contribution is -2.51. The second-order valence-corrected chi connectivity index (χ2v) is 6.83. The number of rotatable bonds is 6. The van der Waals surface area contributed by atoms with Crippen LogP contribution in [0.2, 0.25) is 0 Å². The predicted octanol–water partition coefficient (Wildman–Crippen LogP) is 2.00. The number of carbonyl (C=O) groups is 3. The number of nitrogens with zero attached hydrogens (tertiary/aromatic N) is 3. The molecule has 3 rings (SSSR count).